The Labute approximate surface area is 95.9 Å². The molecule has 2 N–H and O–H groups in total. The standard InChI is InChI=1S/C13H17N3/c1-13(2,16-10-6-9-15-16)12(14)11-7-4-3-5-8-11/h3-10,12H,14H2,1-2H3. The zero-order valence-corrected chi connectivity index (χ0v) is 9.67. The van der Waals surface area contributed by atoms with Crippen molar-refractivity contribution < 1.29 is 0 Å². The first kappa shape index (κ1) is 10.9. The summed E-state index contributed by atoms with van der Waals surface area (Å²) in [5.74, 6) is 0. The van der Waals surface area contributed by atoms with E-state index in [0.29, 0.717) is 0 Å². The molecule has 1 unspecified atom stereocenters. The summed E-state index contributed by atoms with van der Waals surface area (Å²) in [6, 6.07) is 12.0. The van der Waals surface area contributed by atoms with Gasteiger partial charge in [-0.15, -0.1) is 0 Å². The Hall–Kier alpha value is -1.61. The van der Waals surface area contributed by atoms with E-state index in [2.05, 4.69) is 31.1 Å². The van der Waals surface area contributed by atoms with Crippen LogP contribution in [0.15, 0.2) is 48.8 Å². The lowest BCUT2D eigenvalue weighted by molar-refractivity contribution is 0.258. The van der Waals surface area contributed by atoms with Gasteiger partial charge in [0.25, 0.3) is 0 Å². The molecule has 3 nitrogen and oxygen atoms in total. The van der Waals surface area contributed by atoms with E-state index in [1.807, 2.05) is 35.1 Å². The lowest BCUT2D eigenvalue weighted by atomic mass is 9.89. The largest absolute Gasteiger partial charge is 0.322 e. The van der Waals surface area contributed by atoms with Crippen LogP contribution in [0, 0.1) is 0 Å². The first-order valence-electron chi connectivity index (χ1n) is 5.43. The predicted octanol–water partition coefficient (Wildman–Crippen LogP) is 2.32. The highest BCUT2D eigenvalue weighted by Crippen LogP contribution is 2.28. The third-order valence-electron chi connectivity index (χ3n) is 3.01. The van der Waals surface area contributed by atoms with E-state index >= 15 is 0 Å². The second-order valence-corrected chi connectivity index (χ2v) is 4.49. The number of hydrogen-bond donors (Lipinski definition) is 1. The van der Waals surface area contributed by atoms with Gasteiger partial charge in [-0.1, -0.05) is 30.3 Å². The fraction of sp³-hybridized carbons (Fsp3) is 0.308. The first-order valence-corrected chi connectivity index (χ1v) is 5.43. The second-order valence-electron chi connectivity index (χ2n) is 4.49. The Morgan fingerprint density at radius 2 is 1.88 bits per heavy atom. The molecule has 0 aliphatic carbocycles. The van der Waals surface area contributed by atoms with Gasteiger partial charge in [0.2, 0.25) is 0 Å². The number of benzene rings is 1. The van der Waals surface area contributed by atoms with Gasteiger partial charge in [-0.2, -0.15) is 5.10 Å². The number of nitrogens with two attached hydrogens (primary N) is 1. The van der Waals surface area contributed by atoms with Crippen LogP contribution in [0.4, 0.5) is 0 Å². The third-order valence-corrected chi connectivity index (χ3v) is 3.01. The fourth-order valence-electron chi connectivity index (χ4n) is 1.82. The second kappa shape index (κ2) is 4.10. The van der Waals surface area contributed by atoms with Crippen molar-refractivity contribution in [2.45, 2.75) is 25.4 Å². The van der Waals surface area contributed by atoms with Crippen molar-refractivity contribution in [3.05, 3.63) is 54.4 Å². The van der Waals surface area contributed by atoms with Gasteiger partial charge in [0, 0.05) is 12.4 Å². The van der Waals surface area contributed by atoms with Crippen LogP contribution in [-0.4, -0.2) is 9.78 Å². The summed E-state index contributed by atoms with van der Waals surface area (Å²) < 4.78 is 1.91. The average molecular weight is 215 g/mol. The fourth-order valence-corrected chi connectivity index (χ4v) is 1.82. The number of rotatable bonds is 3. The molecule has 1 heterocycles. The quantitative estimate of drug-likeness (QED) is 0.854. The zero-order valence-electron chi connectivity index (χ0n) is 9.67. The van der Waals surface area contributed by atoms with E-state index in [-0.39, 0.29) is 11.6 Å². The Balaban J connectivity index is 2.31. The van der Waals surface area contributed by atoms with Gasteiger partial charge in [0.05, 0.1) is 11.6 Å². The highest BCUT2D eigenvalue weighted by Gasteiger charge is 2.29. The highest BCUT2D eigenvalue weighted by atomic mass is 15.3. The van der Waals surface area contributed by atoms with Crippen molar-refractivity contribution in [2.24, 2.45) is 5.73 Å². The number of hydrogen-bond acceptors (Lipinski definition) is 2. The molecular weight excluding hydrogens is 198 g/mol. The molecule has 0 aliphatic heterocycles. The van der Waals surface area contributed by atoms with E-state index < -0.39 is 0 Å². The summed E-state index contributed by atoms with van der Waals surface area (Å²) >= 11 is 0. The molecule has 0 aliphatic rings. The zero-order chi connectivity index (χ0) is 11.6. The molecule has 2 rings (SSSR count). The average Bonchev–Trinajstić information content (AvgIpc) is 2.83. The molecule has 2 aromatic rings. The molecule has 84 valence electrons. The summed E-state index contributed by atoms with van der Waals surface area (Å²) in [5, 5.41) is 4.27. The van der Waals surface area contributed by atoms with Crippen molar-refractivity contribution >= 4 is 0 Å². The van der Waals surface area contributed by atoms with Crippen LogP contribution in [-0.2, 0) is 5.54 Å². The molecule has 0 saturated heterocycles. The molecule has 3 heteroatoms. The smallest absolute Gasteiger partial charge is 0.0763 e. The Morgan fingerprint density at radius 1 is 1.19 bits per heavy atom. The minimum absolute atomic E-state index is 0.0754. The van der Waals surface area contributed by atoms with Crippen molar-refractivity contribution in [3.8, 4) is 0 Å². The Morgan fingerprint density at radius 3 is 2.44 bits per heavy atom. The Kier molecular flexibility index (Phi) is 2.79. The van der Waals surface area contributed by atoms with Gasteiger partial charge in [-0.05, 0) is 25.5 Å². The van der Waals surface area contributed by atoms with Gasteiger partial charge >= 0.3 is 0 Å². The highest BCUT2D eigenvalue weighted by molar-refractivity contribution is 5.21. The van der Waals surface area contributed by atoms with Crippen LogP contribution < -0.4 is 5.73 Å². The van der Waals surface area contributed by atoms with E-state index in [9.17, 15) is 0 Å². The maximum atomic E-state index is 6.30. The lowest BCUT2D eigenvalue weighted by Crippen LogP contribution is -2.39. The topological polar surface area (TPSA) is 43.8 Å². The molecule has 0 bridgehead atoms. The molecule has 0 fully saturated rings. The van der Waals surface area contributed by atoms with Crippen LogP contribution in [0.3, 0.4) is 0 Å². The van der Waals surface area contributed by atoms with E-state index in [1.54, 1.807) is 6.20 Å². The van der Waals surface area contributed by atoms with Crippen molar-refractivity contribution in [1.82, 2.24) is 9.78 Å². The lowest BCUT2D eigenvalue weighted by Gasteiger charge is -2.32. The van der Waals surface area contributed by atoms with Crippen LogP contribution in [0.5, 0.6) is 0 Å². The monoisotopic (exact) mass is 215 g/mol. The molecule has 1 atom stereocenters. The van der Waals surface area contributed by atoms with Crippen molar-refractivity contribution in [1.29, 1.82) is 0 Å². The maximum absolute atomic E-state index is 6.30. The van der Waals surface area contributed by atoms with E-state index in [1.165, 1.54) is 0 Å². The van der Waals surface area contributed by atoms with E-state index in [4.69, 9.17) is 5.73 Å². The molecule has 16 heavy (non-hydrogen) atoms. The molecular formula is C13H17N3. The van der Waals surface area contributed by atoms with Gasteiger partial charge < -0.3 is 5.73 Å². The van der Waals surface area contributed by atoms with Crippen molar-refractivity contribution in [2.75, 3.05) is 0 Å². The van der Waals surface area contributed by atoms with Crippen LogP contribution in [0.25, 0.3) is 0 Å². The molecule has 0 radical (unpaired) electrons. The summed E-state index contributed by atoms with van der Waals surface area (Å²) in [7, 11) is 0. The van der Waals surface area contributed by atoms with Gasteiger partial charge in [-0.25, -0.2) is 0 Å². The Bertz CT molecular complexity index is 431. The van der Waals surface area contributed by atoms with Crippen molar-refractivity contribution in [3.63, 3.8) is 0 Å². The SMILES string of the molecule is CC(C)(C(N)c1ccccc1)n1cccn1. The first-order chi connectivity index (χ1) is 7.62. The van der Waals surface area contributed by atoms with Crippen LogP contribution >= 0.6 is 0 Å². The van der Waals surface area contributed by atoms with E-state index in [0.717, 1.165) is 5.56 Å². The van der Waals surface area contributed by atoms with Crippen LogP contribution in [0.1, 0.15) is 25.5 Å². The summed E-state index contributed by atoms with van der Waals surface area (Å²) in [6.07, 6.45) is 3.72. The number of nitrogens with zero attached hydrogens (tertiary/aromatic N) is 2. The molecule has 1 aromatic heterocycles. The minimum Gasteiger partial charge on any atom is -0.322 e. The van der Waals surface area contributed by atoms with Gasteiger partial charge in [0.15, 0.2) is 0 Å². The molecule has 1 aromatic carbocycles. The molecule has 0 saturated carbocycles. The normalized spacial score (nSPS) is 13.7. The summed E-state index contributed by atoms with van der Waals surface area (Å²) in [5.41, 5.74) is 7.20. The number of aromatic nitrogens is 2. The molecule has 0 amide bonds. The third kappa shape index (κ3) is 1.86. The predicted molar refractivity (Wildman–Crippen MR) is 64.9 cm³/mol. The molecule has 0 spiro atoms. The van der Waals surface area contributed by atoms with Crippen LogP contribution in [0.2, 0.25) is 0 Å². The minimum atomic E-state index is -0.231. The van der Waals surface area contributed by atoms with Gasteiger partial charge in [0.1, 0.15) is 0 Å². The maximum Gasteiger partial charge on any atom is 0.0763 e. The van der Waals surface area contributed by atoms with Gasteiger partial charge in [-0.3, -0.25) is 4.68 Å². The summed E-state index contributed by atoms with van der Waals surface area (Å²) in [4.78, 5) is 0. The summed E-state index contributed by atoms with van der Waals surface area (Å²) in [6.45, 7) is 4.19.